The van der Waals surface area contributed by atoms with Crippen LogP contribution in [0.4, 0.5) is 4.79 Å². The van der Waals surface area contributed by atoms with E-state index in [4.69, 9.17) is 9.47 Å². The lowest BCUT2D eigenvalue weighted by Crippen LogP contribution is -2.46. The predicted molar refractivity (Wildman–Crippen MR) is 110 cm³/mol. The number of methoxy groups -OCH3 is 1. The number of likely N-dealkylation sites (tertiary alicyclic amines) is 1. The minimum atomic E-state index is -0.0624. The van der Waals surface area contributed by atoms with Crippen molar-refractivity contribution in [1.82, 2.24) is 30.2 Å². The molecule has 1 aliphatic rings. The van der Waals surface area contributed by atoms with E-state index in [-0.39, 0.29) is 12.1 Å². The van der Waals surface area contributed by atoms with Crippen LogP contribution in [0.3, 0.4) is 0 Å². The van der Waals surface area contributed by atoms with Gasteiger partial charge in [0.25, 0.3) is 0 Å². The van der Waals surface area contributed by atoms with Gasteiger partial charge in [-0.1, -0.05) is 12.1 Å². The summed E-state index contributed by atoms with van der Waals surface area (Å²) in [5.41, 5.74) is 1.03. The molecule has 1 N–H and O–H groups in total. The summed E-state index contributed by atoms with van der Waals surface area (Å²) >= 11 is 0. The Hall–Kier alpha value is -3.62. The van der Waals surface area contributed by atoms with Crippen molar-refractivity contribution in [2.24, 2.45) is 0 Å². The molecule has 1 aromatic carbocycles. The van der Waals surface area contributed by atoms with Crippen molar-refractivity contribution >= 4 is 6.03 Å². The Morgan fingerprint density at radius 2 is 1.93 bits per heavy atom. The molecule has 0 aliphatic carbocycles. The molecular weight excluding hydrogens is 384 g/mol. The molecular formula is C21H24N6O3. The first-order valence-corrected chi connectivity index (χ1v) is 9.87. The van der Waals surface area contributed by atoms with E-state index < -0.39 is 0 Å². The third-order valence-electron chi connectivity index (χ3n) is 4.98. The van der Waals surface area contributed by atoms with Crippen LogP contribution in [0, 0.1) is 0 Å². The van der Waals surface area contributed by atoms with Gasteiger partial charge in [-0.15, -0.1) is 10.2 Å². The van der Waals surface area contributed by atoms with Gasteiger partial charge in [0, 0.05) is 50.9 Å². The lowest BCUT2D eigenvalue weighted by Gasteiger charge is -2.31. The van der Waals surface area contributed by atoms with E-state index in [0.717, 1.165) is 24.2 Å². The first kappa shape index (κ1) is 19.7. The van der Waals surface area contributed by atoms with Gasteiger partial charge in [-0.25, -0.2) is 9.48 Å². The highest BCUT2D eigenvalue weighted by Gasteiger charge is 2.24. The zero-order chi connectivity index (χ0) is 20.8. The number of urea groups is 1. The van der Waals surface area contributed by atoms with Crippen LogP contribution in [0.15, 0.2) is 54.9 Å². The summed E-state index contributed by atoms with van der Waals surface area (Å²) in [6.07, 6.45) is 5.00. The van der Waals surface area contributed by atoms with Gasteiger partial charge in [0.2, 0.25) is 5.88 Å². The summed E-state index contributed by atoms with van der Waals surface area (Å²) in [4.78, 5) is 14.2. The van der Waals surface area contributed by atoms with Crippen molar-refractivity contribution < 1.29 is 14.3 Å². The number of nitrogens with one attached hydrogen (secondary N) is 1. The molecule has 0 bridgehead atoms. The lowest BCUT2D eigenvalue weighted by atomic mass is 10.1. The molecule has 9 nitrogen and oxygen atoms in total. The minimum absolute atomic E-state index is 0.0143. The lowest BCUT2D eigenvalue weighted by molar-refractivity contribution is 0.106. The summed E-state index contributed by atoms with van der Waals surface area (Å²) in [5, 5.41) is 15.3. The van der Waals surface area contributed by atoms with Gasteiger partial charge in [0.15, 0.2) is 5.82 Å². The van der Waals surface area contributed by atoms with Crippen LogP contribution >= 0.6 is 0 Å². The van der Waals surface area contributed by atoms with Gasteiger partial charge in [0.05, 0.1) is 7.11 Å². The van der Waals surface area contributed by atoms with Crippen LogP contribution in [0.5, 0.6) is 11.6 Å². The number of carbonyl (C=O) groups is 1. The van der Waals surface area contributed by atoms with E-state index in [9.17, 15) is 4.79 Å². The maximum atomic E-state index is 12.4. The van der Waals surface area contributed by atoms with Gasteiger partial charge >= 0.3 is 6.03 Å². The van der Waals surface area contributed by atoms with Crippen molar-refractivity contribution in [2.75, 3.05) is 20.2 Å². The SMILES string of the molecule is COc1ccc(CNC(=O)N2CCC(Oc3ccc(-n4cccn4)nn3)CC2)cc1. The Balaban J connectivity index is 1.21. The first-order chi connectivity index (χ1) is 14.7. The van der Waals surface area contributed by atoms with E-state index in [2.05, 4.69) is 20.6 Å². The number of carbonyl (C=O) groups excluding carboxylic acids is 1. The third-order valence-corrected chi connectivity index (χ3v) is 4.98. The second-order valence-electron chi connectivity index (χ2n) is 6.99. The highest BCUT2D eigenvalue weighted by Crippen LogP contribution is 2.18. The second-order valence-corrected chi connectivity index (χ2v) is 6.99. The fourth-order valence-electron chi connectivity index (χ4n) is 3.28. The zero-order valence-corrected chi connectivity index (χ0v) is 16.8. The smallest absolute Gasteiger partial charge is 0.317 e. The largest absolute Gasteiger partial charge is 0.497 e. The van der Waals surface area contributed by atoms with Crippen LogP contribution in [0.1, 0.15) is 18.4 Å². The summed E-state index contributed by atoms with van der Waals surface area (Å²) in [6, 6.07) is 13.0. The standard InChI is InChI=1S/C21H24N6O3/c1-29-17-5-3-16(4-6-17)15-22-21(28)26-13-9-18(10-14-26)30-20-8-7-19(24-25-20)27-12-2-11-23-27/h2-8,11-12,18H,9-10,13-15H2,1H3,(H,22,28). The summed E-state index contributed by atoms with van der Waals surface area (Å²) in [7, 11) is 1.63. The Morgan fingerprint density at radius 1 is 1.13 bits per heavy atom. The van der Waals surface area contributed by atoms with E-state index in [1.807, 2.05) is 41.3 Å². The number of hydrogen-bond acceptors (Lipinski definition) is 6. The number of benzene rings is 1. The number of nitrogens with zero attached hydrogens (tertiary/aromatic N) is 5. The number of aromatic nitrogens is 4. The van der Waals surface area contributed by atoms with E-state index in [1.165, 1.54) is 0 Å². The number of hydrogen-bond donors (Lipinski definition) is 1. The quantitative estimate of drug-likeness (QED) is 0.673. The summed E-state index contributed by atoms with van der Waals surface area (Å²) < 4.78 is 12.7. The third kappa shape index (κ3) is 4.86. The Labute approximate surface area is 174 Å². The van der Waals surface area contributed by atoms with Crippen LogP contribution in [0.25, 0.3) is 5.82 Å². The summed E-state index contributed by atoms with van der Waals surface area (Å²) in [6.45, 7) is 1.76. The van der Waals surface area contributed by atoms with Crippen molar-refractivity contribution in [3.8, 4) is 17.4 Å². The van der Waals surface area contributed by atoms with Gasteiger partial charge in [0.1, 0.15) is 11.9 Å². The van der Waals surface area contributed by atoms with Gasteiger partial charge in [-0.05, 0) is 29.8 Å². The van der Waals surface area contributed by atoms with Gasteiger partial charge in [-0.3, -0.25) is 0 Å². The predicted octanol–water partition coefficient (Wildman–Crippen LogP) is 2.42. The van der Waals surface area contributed by atoms with Crippen molar-refractivity contribution in [3.05, 3.63) is 60.4 Å². The van der Waals surface area contributed by atoms with Gasteiger partial charge in [-0.2, -0.15) is 5.10 Å². The average Bonchev–Trinajstić information content (AvgIpc) is 3.34. The molecule has 0 unspecified atom stereocenters. The Bertz CT molecular complexity index is 936. The fraction of sp³-hybridized carbons (Fsp3) is 0.333. The molecule has 1 saturated heterocycles. The summed E-state index contributed by atoms with van der Waals surface area (Å²) in [5.74, 6) is 1.91. The molecule has 0 radical (unpaired) electrons. The number of amides is 2. The maximum absolute atomic E-state index is 12.4. The molecule has 1 fully saturated rings. The molecule has 9 heteroatoms. The normalized spacial score (nSPS) is 14.4. The minimum Gasteiger partial charge on any atom is -0.497 e. The van der Waals surface area contributed by atoms with E-state index in [0.29, 0.717) is 31.3 Å². The molecule has 0 spiro atoms. The van der Waals surface area contributed by atoms with E-state index in [1.54, 1.807) is 30.3 Å². The highest BCUT2D eigenvalue weighted by atomic mass is 16.5. The Morgan fingerprint density at radius 3 is 2.57 bits per heavy atom. The second kappa shape index (κ2) is 9.25. The van der Waals surface area contributed by atoms with Crippen molar-refractivity contribution in [3.63, 3.8) is 0 Å². The number of ether oxygens (including phenoxy) is 2. The molecule has 0 atom stereocenters. The molecule has 0 saturated carbocycles. The molecule has 2 amide bonds. The first-order valence-electron chi connectivity index (χ1n) is 9.87. The molecule has 3 heterocycles. The maximum Gasteiger partial charge on any atom is 0.317 e. The highest BCUT2D eigenvalue weighted by molar-refractivity contribution is 5.74. The zero-order valence-electron chi connectivity index (χ0n) is 16.8. The molecule has 2 aromatic heterocycles. The Kier molecular flexibility index (Phi) is 6.07. The number of piperidine rings is 1. The van der Waals surface area contributed by atoms with Crippen molar-refractivity contribution in [2.45, 2.75) is 25.5 Å². The molecule has 30 heavy (non-hydrogen) atoms. The number of rotatable bonds is 6. The van der Waals surface area contributed by atoms with Crippen molar-refractivity contribution in [1.29, 1.82) is 0 Å². The monoisotopic (exact) mass is 408 g/mol. The van der Waals surface area contributed by atoms with E-state index >= 15 is 0 Å². The fourth-order valence-corrected chi connectivity index (χ4v) is 3.28. The van der Waals surface area contributed by atoms with Gasteiger partial charge < -0.3 is 19.7 Å². The molecule has 4 rings (SSSR count). The van der Waals surface area contributed by atoms with Crippen LogP contribution < -0.4 is 14.8 Å². The van der Waals surface area contributed by atoms with Crippen LogP contribution in [-0.2, 0) is 6.54 Å². The topological polar surface area (TPSA) is 94.4 Å². The molecule has 3 aromatic rings. The molecule has 156 valence electrons. The average molecular weight is 408 g/mol. The van der Waals surface area contributed by atoms with Crippen LogP contribution in [0.2, 0.25) is 0 Å². The molecule has 1 aliphatic heterocycles. The van der Waals surface area contributed by atoms with Crippen LogP contribution in [-0.4, -0.2) is 57.2 Å².